The van der Waals surface area contributed by atoms with Crippen molar-refractivity contribution in [3.63, 3.8) is 0 Å². The molecule has 0 heterocycles. The second kappa shape index (κ2) is 6.42. The van der Waals surface area contributed by atoms with Crippen molar-refractivity contribution in [1.29, 1.82) is 0 Å². The molecule has 2 aromatic carbocycles. The minimum Gasteiger partial charge on any atom is -0.309 e. The van der Waals surface area contributed by atoms with Gasteiger partial charge in [-0.3, -0.25) is 0 Å². The second-order valence-corrected chi connectivity index (χ2v) is 5.85. The van der Waals surface area contributed by atoms with Crippen molar-refractivity contribution in [2.75, 3.05) is 13.3 Å². The lowest BCUT2D eigenvalue weighted by molar-refractivity contribution is 0.572. The SMILES string of the molecule is CNC(c1ccc(SC)cc1)c1c(C)cc(C)cc1F. The van der Waals surface area contributed by atoms with E-state index in [9.17, 15) is 4.39 Å². The topological polar surface area (TPSA) is 12.0 Å². The summed E-state index contributed by atoms with van der Waals surface area (Å²) in [4.78, 5) is 1.21. The molecule has 0 amide bonds. The maximum absolute atomic E-state index is 14.3. The zero-order valence-corrected chi connectivity index (χ0v) is 13.1. The molecule has 1 atom stereocenters. The standard InChI is InChI=1S/C17H20FNS/c1-11-9-12(2)16(15(18)10-11)17(19-3)13-5-7-14(20-4)8-6-13/h5-10,17,19H,1-4H3. The molecule has 2 aromatic rings. The Bertz CT molecular complexity index is 569. The van der Waals surface area contributed by atoms with E-state index in [-0.39, 0.29) is 11.9 Å². The fourth-order valence-corrected chi connectivity index (χ4v) is 2.97. The molecule has 0 saturated heterocycles. The van der Waals surface area contributed by atoms with Gasteiger partial charge in [-0.15, -0.1) is 11.8 Å². The minimum absolute atomic E-state index is 0.119. The number of halogens is 1. The largest absolute Gasteiger partial charge is 0.309 e. The smallest absolute Gasteiger partial charge is 0.128 e. The highest BCUT2D eigenvalue weighted by atomic mass is 32.2. The van der Waals surface area contributed by atoms with Crippen molar-refractivity contribution in [1.82, 2.24) is 5.32 Å². The predicted octanol–water partition coefficient (Wildman–Crippen LogP) is 4.47. The summed E-state index contributed by atoms with van der Waals surface area (Å²) in [5, 5.41) is 3.23. The molecule has 0 fully saturated rings. The van der Waals surface area contributed by atoms with Crippen LogP contribution < -0.4 is 5.32 Å². The molecular weight excluding hydrogens is 269 g/mol. The number of rotatable bonds is 4. The third-order valence-electron chi connectivity index (χ3n) is 3.51. The van der Waals surface area contributed by atoms with Gasteiger partial charge in [-0.2, -0.15) is 0 Å². The Balaban J connectivity index is 2.46. The first-order valence-electron chi connectivity index (χ1n) is 6.64. The first-order chi connectivity index (χ1) is 9.56. The van der Waals surface area contributed by atoms with Crippen LogP contribution in [0, 0.1) is 19.7 Å². The molecule has 1 nitrogen and oxygen atoms in total. The average Bonchev–Trinajstić information content (AvgIpc) is 2.43. The highest BCUT2D eigenvalue weighted by Crippen LogP contribution is 2.29. The van der Waals surface area contributed by atoms with Crippen molar-refractivity contribution in [2.24, 2.45) is 0 Å². The van der Waals surface area contributed by atoms with Gasteiger partial charge in [0.25, 0.3) is 0 Å². The number of nitrogens with one attached hydrogen (secondary N) is 1. The molecule has 1 unspecified atom stereocenters. The zero-order valence-electron chi connectivity index (χ0n) is 12.3. The Labute approximate surface area is 124 Å². The van der Waals surface area contributed by atoms with Crippen LogP contribution in [0.25, 0.3) is 0 Å². The minimum atomic E-state index is -0.143. The van der Waals surface area contributed by atoms with E-state index < -0.39 is 0 Å². The molecule has 1 N–H and O–H groups in total. The summed E-state index contributed by atoms with van der Waals surface area (Å²) in [6, 6.07) is 11.8. The van der Waals surface area contributed by atoms with Crippen molar-refractivity contribution in [3.8, 4) is 0 Å². The Kier molecular flexibility index (Phi) is 4.84. The van der Waals surface area contributed by atoms with E-state index in [1.807, 2.05) is 33.2 Å². The predicted molar refractivity (Wildman–Crippen MR) is 85.0 cm³/mol. The van der Waals surface area contributed by atoms with Crippen LogP contribution in [0.15, 0.2) is 41.3 Å². The third-order valence-corrected chi connectivity index (χ3v) is 4.25. The van der Waals surface area contributed by atoms with Crippen LogP contribution in [-0.4, -0.2) is 13.3 Å². The van der Waals surface area contributed by atoms with E-state index >= 15 is 0 Å². The Morgan fingerprint density at radius 3 is 2.25 bits per heavy atom. The summed E-state index contributed by atoms with van der Waals surface area (Å²) in [5.74, 6) is -0.143. The molecule has 20 heavy (non-hydrogen) atoms. The molecule has 0 bridgehead atoms. The van der Waals surface area contributed by atoms with Gasteiger partial charge in [0.1, 0.15) is 5.82 Å². The second-order valence-electron chi connectivity index (χ2n) is 4.97. The van der Waals surface area contributed by atoms with Crippen LogP contribution in [0.3, 0.4) is 0 Å². The number of thioether (sulfide) groups is 1. The van der Waals surface area contributed by atoms with Crippen LogP contribution in [0.2, 0.25) is 0 Å². The van der Waals surface area contributed by atoms with E-state index in [1.165, 1.54) is 4.90 Å². The highest BCUT2D eigenvalue weighted by molar-refractivity contribution is 7.98. The fraction of sp³-hybridized carbons (Fsp3) is 0.294. The molecule has 0 aromatic heterocycles. The molecular formula is C17H20FNS. The number of hydrogen-bond acceptors (Lipinski definition) is 2. The molecule has 3 heteroatoms. The Hall–Kier alpha value is -1.32. The quantitative estimate of drug-likeness (QED) is 0.833. The lowest BCUT2D eigenvalue weighted by atomic mass is 9.93. The van der Waals surface area contributed by atoms with Crippen molar-refractivity contribution < 1.29 is 4.39 Å². The van der Waals surface area contributed by atoms with E-state index in [0.717, 1.165) is 22.3 Å². The van der Waals surface area contributed by atoms with E-state index in [1.54, 1.807) is 17.8 Å². The van der Waals surface area contributed by atoms with Crippen LogP contribution in [0.5, 0.6) is 0 Å². The molecule has 0 aliphatic carbocycles. The van der Waals surface area contributed by atoms with Crippen molar-refractivity contribution in [3.05, 3.63) is 64.5 Å². The molecule has 0 radical (unpaired) electrons. The van der Waals surface area contributed by atoms with Gasteiger partial charge in [-0.05, 0) is 62.0 Å². The monoisotopic (exact) mass is 289 g/mol. The zero-order chi connectivity index (χ0) is 14.7. The van der Waals surface area contributed by atoms with Crippen LogP contribution >= 0.6 is 11.8 Å². The van der Waals surface area contributed by atoms with E-state index in [2.05, 4.69) is 29.6 Å². The van der Waals surface area contributed by atoms with Crippen molar-refractivity contribution >= 4 is 11.8 Å². The summed E-state index contributed by atoms with van der Waals surface area (Å²) in [6.07, 6.45) is 2.05. The number of hydrogen-bond donors (Lipinski definition) is 1. The van der Waals surface area contributed by atoms with E-state index in [4.69, 9.17) is 0 Å². The Morgan fingerprint density at radius 2 is 1.75 bits per heavy atom. The molecule has 0 spiro atoms. The molecule has 0 aliphatic heterocycles. The first-order valence-corrected chi connectivity index (χ1v) is 7.87. The lowest BCUT2D eigenvalue weighted by Gasteiger charge is -2.21. The molecule has 106 valence electrons. The van der Waals surface area contributed by atoms with Gasteiger partial charge in [0.15, 0.2) is 0 Å². The number of benzene rings is 2. The lowest BCUT2D eigenvalue weighted by Crippen LogP contribution is -2.20. The van der Waals surface area contributed by atoms with Gasteiger partial charge in [0, 0.05) is 10.5 Å². The fourth-order valence-electron chi connectivity index (χ4n) is 2.57. The van der Waals surface area contributed by atoms with Crippen molar-refractivity contribution in [2.45, 2.75) is 24.8 Å². The molecule has 0 aliphatic rings. The summed E-state index contributed by atoms with van der Waals surface area (Å²) < 4.78 is 14.3. The normalized spacial score (nSPS) is 12.4. The third kappa shape index (κ3) is 3.05. The van der Waals surface area contributed by atoms with E-state index in [0.29, 0.717) is 0 Å². The van der Waals surface area contributed by atoms with Crippen LogP contribution in [0.4, 0.5) is 4.39 Å². The van der Waals surface area contributed by atoms with Crippen LogP contribution in [0.1, 0.15) is 28.3 Å². The molecule has 2 rings (SSSR count). The summed E-state index contributed by atoms with van der Waals surface area (Å²) in [5.41, 5.74) is 3.75. The van der Waals surface area contributed by atoms with Gasteiger partial charge in [0.05, 0.1) is 6.04 Å². The van der Waals surface area contributed by atoms with Crippen LogP contribution in [-0.2, 0) is 0 Å². The summed E-state index contributed by atoms with van der Waals surface area (Å²) >= 11 is 1.71. The first kappa shape index (κ1) is 15.1. The summed E-state index contributed by atoms with van der Waals surface area (Å²) in [6.45, 7) is 3.88. The maximum atomic E-state index is 14.3. The maximum Gasteiger partial charge on any atom is 0.128 e. The number of aryl methyl sites for hydroxylation is 2. The molecule has 0 saturated carbocycles. The van der Waals surface area contributed by atoms with Gasteiger partial charge in [-0.1, -0.05) is 18.2 Å². The highest BCUT2D eigenvalue weighted by Gasteiger charge is 2.18. The van der Waals surface area contributed by atoms with Gasteiger partial charge < -0.3 is 5.32 Å². The Morgan fingerprint density at radius 1 is 1.10 bits per heavy atom. The van der Waals surface area contributed by atoms with Gasteiger partial charge in [-0.25, -0.2) is 4.39 Å². The summed E-state index contributed by atoms with van der Waals surface area (Å²) in [7, 11) is 1.87. The van der Waals surface area contributed by atoms with Gasteiger partial charge >= 0.3 is 0 Å². The van der Waals surface area contributed by atoms with Gasteiger partial charge in [0.2, 0.25) is 0 Å². The average molecular weight is 289 g/mol.